The molecule has 0 bridgehead atoms. The Balaban J connectivity index is 1.45. The van der Waals surface area contributed by atoms with E-state index in [9.17, 15) is 18.4 Å². The van der Waals surface area contributed by atoms with Crippen LogP contribution in [0.1, 0.15) is 51.6 Å². The maximum atomic E-state index is 14.2. The predicted octanol–water partition coefficient (Wildman–Crippen LogP) is 3.48. The van der Waals surface area contributed by atoms with Crippen molar-refractivity contribution in [1.82, 2.24) is 29.9 Å². The molecule has 1 saturated heterocycles. The molecule has 0 spiro atoms. The summed E-state index contributed by atoms with van der Waals surface area (Å²) in [6.45, 7) is 4.96. The summed E-state index contributed by atoms with van der Waals surface area (Å²) >= 11 is 0. The monoisotopic (exact) mass is 478 g/mol. The van der Waals surface area contributed by atoms with Crippen LogP contribution in [0.4, 0.5) is 8.78 Å². The summed E-state index contributed by atoms with van der Waals surface area (Å²) in [4.78, 5) is 34.5. The lowest BCUT2D eigenvalue weighted by molar-refractivity contribution is 0.0694. The van der Waals surface area contributed by atoms with E-state index in [0.717, 1.165) is 28.8 Å². The summed E-state index contributed by atoms with van der Waals surface area (Å²) < 4.78 is 30.0. The van der Waals surface area contributed by atoms with Crippen molar-refractivity contribution >= 4 is 17.1 Å². The lowest BCUT2D eigenvalue weighted by Gasteiger charge is -2.32. The third kappa shape index (κ3) is 4.31. The standard InChI is InChI=1S/C25H24F2N6O2/c1-14-8-9-15(2)17(11-14)13-33-23-21(30-31-33)24(34)29-22(28-23)16-5-4-10-32(12-16)25(35)20-18(26)6-3-7-19(20)27/h3,6-9,11,16H,4-5,10,12-13H2,1-2H3,(H,28,29,34)/t16-/m0/s1. The van der Waals surface area contributed by atoms with Crippen molar-refractivity contribution in [2.45, 2.75) is 39.2 Å². The summed E-state index contributed by atoms with van der Waals surface area (Å²) in [6.07, 6.45) is 1.27. The van der Waals surface area contributed by atoms with Crippen LogP contribution in [0.3, 0.4) is 0 Å². The highest BCUT2D eigenvalue weighted by Gasteiger charge is 2.30. The van der Waals surface area contributed by atoms with E-state index < -0.39 is 28.7 Å². The van der Waals surface area contributed by atoms with Gasteiger partial charge in [0.2, 0.25) is 0 Å². The number of rotatable bonds is 4. The van der Waals surface area contributed by atoms with Crippen molar-refractivity contribution in [3.63, 3.8) is 0 Å². The van der Waals surface area contributed by atoms with Crippen LogP contribution in [0, 0.1) is 25.5 Å². The Morgan fingerprint density at radius 3 is 2.71 bits per heavy atom. The van der Waals surface area contributed by atoms with E-state index in [2.05, 4.69) is 26.3 Å². The second-order valence-corrected chi connectivity index (χ2v) is 8.99. The van der Waals surface area contributed by atoms with Crippen LogP contribution >= 0.6 is 0 Å². The fourth-order valence-corrected chi connectivity index (χ4v) is 4.56. The molecule has 180 valence electrons. The summed E-state index contributed by atoms with van der Waals surface area (Å²) in [6, 6.07) is 9.47. The normalized spacial score (nSPS) is 16.1. The molecule has 35 heavy (non-hydrogen) atoms. The average molecular weight is 479 g/mol. The quantitative estimate of drug-likeness (QED) is 0.485. The Morgan fingerprint density at radius 1 is 1.17 bits per heavy atom. The van der Waals surface area contributed by atoms with E-state index in [0.29, 0.717) is 37.4 Å². The zero-order valence-corrected chi connectivity index (χ0v) is 19.4. The fraction of sp³-hybridized carbons (Fsp3) is 0.320. The van der Waals surface area contributed by atoms with Gasteiger partial charge in [0.1, 0.15) is 23.0 Å². The number of piperidine rings is 1. The number of nitrogens with zero attached hydrogens (tertiary/aromatic N) is 5. The predicted molar refractivity (Wildman–Crippen MR) is 125 cm³/mol. The summed E-state index contributed by atoms with van der Waals surface area (Å²) in [5.41, 5.74) is 2.75. The molecule has 2 aromatic heterocycles. The maximum Gasteiger partial charge on any atom is 0.281 e. The van der Waals surface area contributed by atoms with E-state index in [4.69, 9.17) is 0 Å². The van der Waals surface area contributed by atoms with Gasteiger partial charge in [0.15, 0.2) is 11.2 Å². The number of amides is 1. The molecule has 2 aromatic carbocycles. The molecule has 1 atom stereocenters. The van der Waals surface area contributed by atoms with E-state index in [1.54, 1.807) is 4.68 Å². The van der Waals surface area contributed by atoms with Crippen LogP contribution < -0.4 is 5.56 Å². The number of hydrogen-bond acceptors (Lipinski definition) is 5. The highest BCUT2D eigenvalue weighted by atomic mass is 19.1. The topological polar surface area (TPSA) is 96.8 Å². The average Bonchev–Trinajstić information content (AvgIpc) is 3.24. The first kappa shape index (κ1) is 22.8. The van der Waals surface area contributed by atoms with Crippen LogP contribution in [0.15, 0.2) is 41.2 Å². The van der Waals surface area contributed by atoms with Crippen LogP contribution in [-0.4, -0.2) is 48.9 Å². The minimum atomic E-state index is -0.897. The number of carbonyl (C=O) groups excluding carboxylic acids is 1. The Hall–Kier alpha value is -3.95. The zero-order valence-electron chi connectivity index (χ0n) is 19.4. The largest absolute Gasteiger partial charge is 0.338 e. The SMILES string of the molecule is Cc1ccc(C)c(Cn2nnc3c(=O)[nH]c([C@H]4CCCN(C(=O)c5c(F)cccc5F)C4)nc32)c1. The van der Waals surface area contributed by atoms with Gasteiger partial charge in [-0.3, -0.25) is 9.59 Å². The molecule has 0 radical (unpaired) electrons. The number of halogens is 2. The lowest BCUT2D eigenvalue weighted by atomic mass is 9.96. The first-order valence-corrected chi connectivity index (χ1v) is 11.4. The highest BCUT2D eigenvalue weighted by molar-refractivity contribution is 5.94. The van der Waals surface area contributed by atoms with E-state index >= 15 is 0 Å². The van der Waals surface area contributed by atoms with Crippen molar-refractivity contribution in [2.24, 2.45) is 0 Å². The molecule has 0 saturated carbocycles. The number of fused-ring (bicyclic) bond motifs is 1. The minimum absolute atomic E-state index is 0.135. The smallest absolute Gasteiger partial charge is 0.281 e. The third-order valence-corrected chi connectivity index (χ3v) is 6.49. The summed E-state index contributed by atoms with van der Waals surface area (Å²) in [5.74, 6) is -2.41. The van der Waals surface area contributed by atoms with Gasteiger partial charge in [0.05, 0.1) is 6.54 Å². The second-order valence-electron chi connectivity index (χ2n) is 8.99. The van der Waals surface area contributed by atoms with Gasteiger partial charge in [-0.2, -0.15) is 0 Å². The number of likely N-dealkylation sites (tertiary alicyclic amines) is 1. The van der Waals surface area contributed by atoms with Crippen LogP contribution in [0.5, 0.6) is 0 Å². The van der Waals surface area contributed by atoms with Crippen molar-refractivity contribution in [3.05, 3.63) is 86.5 Å². The summed E-state index contributed by atoms with van der Waals surface area (Å²) in [5, 5.41) is 8.16. The van der Waals surface area contributed by atoms with E-state index in [1.807, 2.05) is 26.0 Å². The van der Waals surface area contributed by atoms with Crippen LogP contribution in [0.25, 0.3) is 11.2 Å². The number of hydrogen-bond donors (Lipinski definition) is 1. The Kier molecular flexibility index (Phi) is 5.88. The van der Waals surface area contributed by atoms with Gasteiger partial charge < -0.3 is 9.88 Å². The van der Waals surface area contributed by atoms with Crippen molar-refractivity contribution in [3.8, 4) is 0 Å². The van der Waals surface area contributed by atoms with Gasteiger partial charge >= 0.3 is 0 Å². The first-order chi connectivity index (χ1) is 16.8. The van der Waals surface area contributed by atoms with Gasteiger partial charge in [0, 0.05) is 19.0 Å². The van der Waals surface area contributed by atoms with Crippen LogP contribution in [-0.2, 0) is 6.54 Å². The fourth-order valence-electron chi connectivity index (χ4n) is 4.56. The number of aromatic amines is 1. The molecule has 3 heterocycles. The van der Waals surface area contributed by atoms with Gasteiger partial charge in [-0.05, 0) is 49.9 Å². The van der Waals surface area contributed by atoms with Crippen molar-refractivity contribution in [2.75, 3.05) is 13.1 Å². The molecule has 1 fully saturated rings. The number of carbonyl (C=O) groups is 1. The number of nitrogens with one attached hydrogen (secondary N) is 1. The molecular weight excluding hydrogens is 454 g/mol. The van der Waals surface area contributed by atoms with Gasteiger partial charge in [-0.15, -0.1) is 5.10 Å². The Labute approximate surface area is 199 Å². The van der Waals surface area contributed by atoms with Gasteiger partial charge in [0.25, 0.3) is 11.5 Å². The lowest BCUT2D eigenvalue weighted by Crippen LogP contribution is -2.40. The number of H-pyrrole nitrogens is 1. The summed E-state index contributed by atoms with van der Waals surface area (Å²) in [7, 11) is 0. The van der Waals surface area contributed by atoms with Gasteiger partial charge in [-0.1, -0.05) is 35.0 Å². The molecule has 0 unspecified atom stereocenters. The number of benzene rings is 2. The molecule has 4 aromatic rings. The first-order valence-electron chi connectivity index (χ1n) is 11.4. The van der Waals surface area contributed by atoms with Crippen molar-refractivity contribution in [1.29, 1.82) is 0 Å². The molecule has 1 N–H and O–H groups in total. The van der Waals surface area contributed by atoms with Gasteiger partial charge in [-0.25, -0.2) is 18.4 Å². The Bertz CT molecular complexity index is 1480. The Morgan fingerprint density at radius 2 is 1.94 bits per heavy atom. The third-order valence-electron chi connectivity index (χ3n) is 6.49. The maximum absolute atomic E-state index is 14.2. The minimum Gasteiger partial charge on any atom is -0.338 e. The molecule has 0 aliphatic carbocycles. The van der Waals surface area contributed by atoms with Crippen LogP contribution in [0.2, 0.25) is 0 Å². The van der Waals surface area contributed by atoms with E-state index in [1.165, 1.54) is 11.0 Å². The molecular formula is C25H24F2N6O2. The second kappa shape index (κ2) is 9.01. The molecule has 5 rings (SSSR count). The number of aromatic nitrogens is 5. The zero-order chi connectivity index (χ0) is 24.7. The molecule has 1 aliphatic rings. The van der Waals surface area contributed by atoms with E-state index in [-0.39, 0.29) is 18.0 Å². The number of aryl methyl sites for hydroxylation is 2. The molecule has 10 heteroatoms. The molecule has 8 nitrogen and oxygen atoms in total. The van der Waals surface area contributed by atoms with Crippen molar-refractivity contribution < 1.29 is 13.6 Å². The molecule has 1 aliphatic heterocycles. The molecule has 1 amide bonds. The highest BCUT2D eigenvalue weighted by Crippen LogP contribution is 2.27.